The predicted octanol–water partition coefficient (Wildman–Crippen LogP) is 4.47. The summed E-state index contributed by atoms with van der Waals surface area (Å²) in [5.74, 6) is -0.617. The van der Waals surface area contributed by atoms with E-state index in [1.165, 1.54) is 30.6 Å². The van der Waals surface area contributed by atoms with Crippen LogP contribution in [0.4, 0.5) is 15.9 Å². The molecule has 1 aromatic heterocycles. The van der Waals surface area contributed by atoms with Crippen LogP contribution in [0.2, 0.25) is 0 Å². The molecule has 0 spiro atoms. The van der Waals surface area contributed by atoms with Crippen molar-refractivity contribution in [2.45, 2.75) is 6.54 Å². The number of benzene rings is 3. The van der Waals surface area contributed by atoms with Crippen molar-refractivity contribution in [2.24, 2.45) is 4.99 Å². The number of hydrogen-bond donors (Lipinski definition) is 2. The van der Waals surface area contributed by atoms with Crippen molar-refractivity contribution >= 4 is 40.9 Å². The number of nitrogens with zero attached hydrogens (tertiary/aromatic N) is 3. The Morgan fingerprint density at radius 3 is 2.56 bits per heavy atom. The Bertz CT molecular complexity index is 1320. The molecular formula is C24H18FN5O2. The maximum Gasteiger partial charge on any atom is 0.278 e. The van der Waals surface area contributed by atoms with Gasteiger partial charge in [-0.2, -0.15) is 0 Å². The van der Waals surface area contributed by atoms with Crippen molar-refractivity contribution in [1.29, 1.82) is 0 Å². The summed E-state index contributed by atoms with van der Waals surface area (Å²) in [6, 6.07) is 17.9. The highest BCUT2D eigenvalue weighted by atomic mass is 19.1. The molecule has 1 heterocycles. The van der Waals surface area contributed by atoms with E-state index in [0.717, 1.165) is 5.56 Å². The molecule has 4 rings (SSSR count). The number of halogens is 1. The fraction of sp³-hybridized carbons (Fsp3) is 0.0417. The fourth-order valence-corrected chi connectivity index (χ4v) is 3.24. The third-order valence-corrected chi connectivity index (χ3v) is 4.79. The van der Waals surface area contributed by atoms with Gasteiger partial charge in [-0.1, -0.05) is 18.2 Å². The Hall–Kier alpha value is -4.46. The number of amides is 2. The molecule has 0 aliphatic heterocycles. The summed E-state index contributed by atoms with van der Waals surface area (Å²) in [7, 11) is 0. The Kier molecular flexibility index (Phi) is 5.94. The minimum absolute atomic E-state index is 0.329. The Balaban J connectivity index is 1.51. The number of aliphatic imine (C=N–C) groups is 1. The lowest BCUT2D eigenvalue weighted by Gasteiger charge is -2.11. The fourth-order valence-electron chi connectivity index (χ4n) is 3.24. The van der Waals surface area contributed by atoms with Crippen molar-refractivity contribution < 1.29 is 14.0 Å². The number of para-hydroxylation sites is 1. The van der Waals surface area contributed by atoms with Crippen molar-refractivity contribution in [3.8, 4) is 0 Å². The highest BCUT2D eigenvalue weighted by Gasteiger charge is 2.12. The van der Waals surface area contributed by atoms with E-state index in [0.29, 0.717) is 40.1 Å². The van der Waals surface area contributed by atoms with Crippen LogP contribution in [0.5, 0.6) is 0 Å². The zero-order chi connectivity index (χ0) is 22.5. The van der Waals surface area contributed by atoms with Crippen LogP contribution in [0.25, 0.3) is 10.9 Å². The van der Waals surface area contributed by atoms with Gasteiger partial charge in [0, 0.05) is 23.2 Å². The molecule has 0 atom stereocenters. The topological polar surface area (TPSA) is 96.3 Å². The quantitative estimate of drug-likeness (QED) is 0.443. The number of carbonyl (C=O) groups is 2. The third kappa shape index (κ3) is 4.49. The van der Waals surface area contributed by atoms with Crippen LogP contribution in [0.3, 0.4) is 0 Å². The molecule has 0 fully saturated rings. The average Bonchev–Trinajstić information content (AvgIpc) is 2.82. The van der Waals surface area contributed by atoms with E-state index in [2.05, 4.69) is 32.3 Å². The number of nitrogens with one attached hydrogen (secondary N) is 2. The van der Waals surface area contributed by atoms with Crippen molar-refractivity contribution in [2.75, 3.05) is 10.6 Å². The van der Waals surface area contributed by atoms with Gasteiger partial charge < -0.3 is 10.6 Å². The van der Waals surface area contributed by atoms with Gasteiger partial charge in [-0.15, -0.1) is 0 Å². The lowest BCUT2D eigenvalue weighted by Crippen LogP contribution is -2.12. The van der Waals surface area contributed by atoms with E-state index in [-0.39, 0.29) is 5.91 Å². The molecule has 0 saturated heterocycles. The number of aromatic nitrogens is 2. The molecule has 8 heteroatoms. The summed E-state index contributed by atoms with van der Waals surface area (Å²) >= 11 is 0. The summed E-state index contributed by atoms with van der Waals surface area (Å²) in [4.78, 5) is 36.3. The lowest BCUT2D eigenvalue weighted by atomic mass is 10.1. The number of hydrogen-bond acceptors (Lipinski definition) is 5. The highest BCUT2D eigenvalue weighted by Crippen LogP contribution is 2.23. The minimum atomic E-state index is -0.454. The molecule has 0 radical (unpaired) electrons. The zero-order valence-electron chi connectivity index (χ0n) is 16.9. The summed E-state index contributed by atoms with van der Waals surface area (Å²) in [5.41, 5.74) is 2.71. The normalized spacial score (nSPS) is 10.5. The van der Waals surface area contributed by atoms with Gasteiger partial charge in [0.2, 0.25) is 0 Å². The molecule has 0 unspecified atom stereocenters. The van der Waals surface area contributed by atoms with Crippen LogP contribution in [0.1, 0.15) is 26.3 Å². The number of carbonyl (C=O) groups excluding carboxylic acids is 2. The van der Waals surface area contributed by atoms with Crippen LogP contribution < -0.4 is 10.6 Å². The van der Waals surface area contributed by atoms with Crippen LogP contribution in [-0.4, -0.2) is 28.5 Å². The van der Waals surface area contributed by atoms with Gasteiger partial charge in [-0.25, -0.2) is 19.4 Å². The number of fused-ring (bicyclic) bond motifs is 1. The summed E-state index contributed by atoms with van der Waals surface area (Å²) in [6.45, 7) is 3.71. The second kappa shape index (κ2) is 9.13. The second-order valence-corrected chi connectivity index (χ2v) is 6.90. The zero-order valence-corrected chi connectivity index (χ0v) is 16.9. The lowest BCUT2D eigenvalue weighted by molar-refractivity contribution is 0.100. The standard InChI is InChI=1S/C24H18FN5O2/c1-26-24(32)20-7-3-6-19-21(20)28-14-29-22(19)27-13-15-4-2-5-18(12-15)30-23(31)16-8-10-17(25)11-9-16/h2-12,14H,1,13H2,(H,30,31)(H,27,28,29). The van der Waals surface area contributed by atoms with Gasteiger partial charge in [-0.05, 0) is 60.8 Å². The van der Waals surface area contributed by atoms with Crippen LogP contribution >= 0.6 is 0 Å². The van der Waals surface area contributed by atoms with E-state index >= 15 is 0 Å². The molecule has 3 aromatic carbocycles. The van der Waals surface area contributed by atoms with Gasteiger partial charge in [0.25, 0.3) is 11.8 Å². The molecule has 0 aliphatic carbocycles. The van der Waals surface area contributed by atoms with Crippen LogP contribution in [0.15, 0.2) is 78.0 Å². The highest BCUT2D eigenvalue weighted by molar-refractivity contribution is 6.09. The van der Waals surface area contributed by atoms with E-state index in [1.54, 1.807) is 18.2 Å². The first kappa shape index (κ1) is 20.8. The predicted molar refractivity (Wildman–Crippen MR) is 122 cm³/mol. The molecule has 0 saturated carbocycles. The molecule has 0 aliphatic rings. The van der Waals surface area contributed by atoms with Crippen LogP contribution in [0, 0.1) is 5.82 Å². The molecule has 2 N–H and O–H groups in total. The largest absolute Gasteiger partial charge is 0.365 e. The van der Waals surface area contributed by atoms with Crippen LogP contribution in [-0.2, 0) is 6.54 Å². The third-order valence-electron chi connectivity index (χ3n) is 4.79. The Morgan fingerprint density at radius 1 is 1.00 bits per heavy atom. The molecule has 32 heavy (non-hydrogen) atoms. The van der Waals surface area contributed by atoms with Crippen molar-refractivity contribution in [3.05, 3.63) is 95.6 Å². The monoisotopic (exact) mass is 427 g/mol. The van der Waals surface area contributed by atoms with Gasteiger partial charge >= 0.3 is 0 Å². The molecule has 0 bridgehead atoms. The van der Waals surface area contributed by atoms with Crippen molar-refractivity contribution in [1.82, 2.24) is 9.97 Å². The molecule has 4 aromatic rings. The second-order valence-electron chi connectivity index (χ2n) is 6.90. The SMILES string of the molecule is C=NC(=O)c1cccc2c(NCc3cccc(NC(=O)c4ccc(F)cc4)c3)ncnc12. The molecule has 2 amide bonds. The number of rotatable bonds is 6. The van der Waals surface area contributed by atoms with E-state index in [9.17, 15) is 14.0 Å². The Labute approximate surface area is 183 Å². The first-order chi connectivity index (χ1) is 15.5. The molecule has 158 valence electrons. The van der Waals surface area contributed by atoms with Crippen molar-refractivity contribution in [3.63, 3.8) is 0 Å². The first-order valence-corrected chi connectivity index (χ1v) is 9.69. The van der Waals surface area contributed by atoms with E-state index < -0.39 is 11.7 Å². The maximum atomic E-state index is 13.1. The maximum absolute atomic E-state index is 13.1. The van der Waals surface area contributed by atoms with Gasteiger partial charge in [0.05, 0.1) is 11.1 Å². The number of anilines is 2. The smallest absolute Gasteiger partial charge is 0.278 e. The van der Waals surface area contributed by atoms with Gasteiger partial charge in [0.15, 0.2) is 0 Å². The summed E-state index contributed by atoms with van der Waals surface area (Å²) in [5, 5.41) is 6.73. The molecule has 7 nitrogen and oxygen atoms in total. The summed E-state index contributed by atoms with van der Waals surface area (Å²) in [6.07, 6.45) is 1.38. The minimum Gasteiger partial charge on any atom is -0.365 e. The van der Waals surface area contributed by atoms with Gasteiger partial charge in [0.1, 0.15) is 18.0 Å². The van der Waals surface area contributed by atoms with Gasteiger partial charge in [-0.3, -0.25) is 9.59 Å². The Morgan fingerprint density at radius 2 is 1.78 bits per heavy atom. The van der Waals surface area contributed by atoms with E-state index in [1.807, 2.05) is 24.3 Å². The average molecular weight is 427 g/mol. The summed E-state index contributed by atoms with van der Waals surface area (Å²) < 4.78 is 13.1. The first-order valence-electron chi connectivity index (χ1n) is 9.69. The van der Waals surface area contributed by atoms with E-state index in [4.69, 9.17) is 0 Å². The molecular weight excluding hydrogens is 409 g/mol.